The molecule has 136 heavy (non-hydrogen) atoms. The van der Waals surface area contributed by atoms with E-state index in [-0.39, 0.29) is 43.3 Å². The monoisotopic (exact) mass is 1760 g/mol. The van der Waals surface area contributed by atoms with Gasteiger partial charge < -0.3 is 9.97 Å². The van der Waals surface area contributed by atoms with E-state index < -0.39 is 0 Å². The molecule has 8 bridgehead atoms. The molecule has 4 nitrogen and oxygen atoms in total. The lowest BCUT2D eigenvalue weighted by atomic mass is 9.86. The van der Waals surface area contributed by atoms with Crippen LogP contribution in [0.15, 0.2) is 267 Å². The van der Waals surface area contributed by atoms with Crippen LogP contribution in [0.3, 0.4) is 0 Å². The van der Waals surface area contributed by atoms with Gasteiger partial charge in [0.15, 0.2) is 0 Å². The van der Waals surface area contributed by atoms with Crippen LogP contribution in [0.2, 0.25) is 0 Å². The van der Waals surface area contributed by atoms with Crippen molar-refractivity contribution in [2.24, 2.45) is 0 Å². The number of fused-ring (bicyclic) bond motifs is 20. The fourth-order valence-electron chi connectivity index (χ4n) is 17.0. The normalized spacial score (nSPS) is 11.9. The Morgan fingerprint density at radius 1 is 0.154 bits per heavy atom. The first-order valence-corrected chi connectivity index (χ1v) is 47.4. The van der Waals surface area contributed by atoms with Gasteiger partial charge in [0.2, 0.25) is 0 Å². The number of hydrogen-bond acceptors (Lipinski definition) is 2. The van der Waals surface area contributed by atoms with Gasteiger partial charge in [-0.15, -0.1) is 0 Å². The number of nitrogens with one attached hydrogen (secondary N) is 2. The van der Waals surface area contributed by atoms with Crippen molar-refractivity contribution >= 4 is 43.6 Å². The molecule has 0 unspecified atom stereocenters. The summed E-state index contributed by atoms with van der Waals surface area (Å²) in [6.07, 6.45) is 0. The molecule has 0 aliphatic carbocycles. The van der Waals surface area contributed by atoms with Crippen molar-refractivity contribution in [3.63, 3.8) is 0 Å². The number of H-pyrrole nitrogens is 2. The number of rotatable bonds is 0. The largest absolute Gasteiger partial charge is 0.354 e. The van der Waals surface area contributed by atoms with Crippen molar-refractivity contribution in [1.82, 2.24) is 19.9 Å². The molecule has 0 radical (unpaired) electrons. The van der Waals surface area contributed by atoms with Crippen LogP contribution in [0.25, 0.3) is 88.6 Å². The second kappa shape index (κ2) is 35.9. The number of aromatic amines is 2. The Kier molecular flexibility index (Phi) is 24.5. The molecule has 5 heterocycles. The summed E-state index contributed by atoms with van der Waals surface area (Å²) >= 11 is 0. The average molecular weight is 1760 g/mol. The first kappa shape index (κ1) is 92.6. The Labute approximate surface area is 807 Å². The van der Waals surface area contributed by atoms with Crippen LogP contribution in [0, 0.1) is 94.7 Å². The Balaban J connectivity index is 1.01. The standard InChI is InChI=1S/C132H118N4/c1-125(2,3)101-57-33-85(34-58-101)25-49-93-73-109-110(74-94(93)50-26-86-35-59-102(60-36-86)126(4,5)6)118-82-120-113-77-97(53-29-89-41-65-105(66-42-89)129(13,14)15)98(54-30-90-43-67-106(68-44-90)130(16,17)18)78-114(113)122(135-120)84-124-116-80-100(56-32-92-47-71-108(72-48-92)132(22,23)24)99(55-31-91-45-69-107(70-46-91)131(19,20)21)79-115(116)123(136-124)83-121-112-76-96(52-28-88-39-63-104(64-40-88)128(10,11)12)95(75-111(112)119(134-121)81-117(109)133-118)51-27-87-37-61-103(62-38-87)127(7,8)9/h33-48,57-84,133,136H,1-24H3. The Bertz CT molecular complexity index is 7100. The minimum atomic E-state index is -0.0426. The quantitative estimate of drug-likeness (QED) is 0.149. The smallest absolute Gasteiger partial charge is 0.0737 e. The van der Waals surface area contributed by atoms with Gasteiger partial charge in [-0.25, -0.2) is 9.97 Å². The molecule has 3 aromatic heterocycles. The lowest BCUT2D eigenvalue weighted by Gasteiger charge is -2.18. The number of aromatic nitrogens is 4. The van der Waals surface area contributed by atoms with E-state index in [2.05, 4.69) is 538 Å². The molecule has 12 aromatic carbocycles. The van der Waals surface area contributed by atoms with Crippen molar-refractivity contribution in [1.29, 1.82) is 0 Å². The molecule has 0 spiro atoms. The molecule has 0 amide bonds. The van der Waals surface area contributed by atoms with Gasteiger partial charge in [0.05, 0.1) is 22.8 Å². The molecule has 15 aromatic rings. The third kappa shape index (κ3) is 20.9. The van der Waals surface area contributed by atoms with E-state index in [1.165, 1.54) is 44.5 Å². The summed E-state index contributed by atoms with van der Waals surface area (Å²) in [5, 5.41) is 3.62. The molecular formula is C132H118N4. The first-order valence-electron chi connectivity index (χ1n) is 47.4. The van der Waals surface area contributed by atoms with Crippen molar-refractivity contribution in [2.75, 3.05) is 0 Å². The molecule has 0 saturated heterocycles. The highest BCUT2D eigenvalue weighted by molar-refractivity contribution is 6.12. The summed E-state index contributed by atoms with van der Waals surface area (Å²) in [7, 11) is 0. The molecule has 0 fully saturated rings. The Morgan fingerprint density at radius 2 is 0.279 bits per heavy atom. The summed E-state index contributed by atoms with van der Waals surface area (Å²) in [6, 6.07) is 95.4. The van der Waals surface area contributed by atoms with Crippen LogP contribution in [0.5, 0.6) is 0 Å². The van der Waals surface area contributed by atoms with E-state index in [1.54, 1.807) is 0 Å². The van der Waals surface area contributed by atoms with Crippen LogP contribution < -0.4 is 0 Å². The second-order valence-corrected chi connectivity index (χ2v) is 44.6. The third-order valence-corrected chi connectivity index (χ3v) is 25.8. The molecule has 2 aliphatic rings. The predicted molar refractivity (Wildman–Crippen MR) is 574 cm³/mol. The van der Waals surface area contributed by atoms with Crippen LogP contribution >= 0.6 is 0 Å². The molecule has 0 atom stereocenters. The lowest BCUT2D eigenvalue weighted by molar-refractivity contribution is 0.590. The fourth-order valence-corrected chi connectivity index (χ4v) is 17.0. The van der Waals surface area contributed by atoms with E-state index in [4.69, 9.17) is 9.97 Å². The summed E-state index contributed by atoms with van der Waals surface area (Å²) in [5.41, 5.74) is 32.3. The topological polar surface area (TPSA) is 57.4 Å². The third-order valence-electron chi connectivity index (χ3n) is 25.8. The zero-order valence-electron chi connectivity index (χ0n) is 83.3. The Morgan fingerprint density at radius 3 is 0.404 bits per heavy atom. The van der Waals surface area contributed by atoms with Gasteiger partial charge in [0.25, 0.3) is 0 Å². The van der Waals surface area contributed by atoms with Crippen LogP contribution in [-0.2, 0) is 43.3 Å². The first-order chi connectivity index (χ1) is 64.3. The molecule has 4 heteroatoms. The average Bonchev–Trinajstić information content (AvgIpc) is 1.59. The Hall–Kier alpha value is -15.2. The van der Waals surface area contributed by atoms with Crippen LogP contribution in [0.1, 0.15) is 300 Å². The molecule has 2 N–H and O–H groups in total. The van der Waals surface area contributed by atoms with Gasteiger partial charge in [-0.2, -0.15) is 0 Å². The van der Waals surface area contributed by atoms with E-state index >= 15 is 0 Å². The van der Waals surface area contributed by atoms with Crippen LogP contribution in [-0.4, -0.2) is 19.9 Å². The van der Waals surface area contributed by atoms with Gasteiger partial charge >= 0.3 is 0 Å². The molecular weight excluding hydrogens is 1640 g/mol. The maximum absolute atomic E-state index is 5.91. The van der Waals surface area contributed by atoms with E-state index in [0.717, 1.165) is 155 Å². The minimum Gasteiger partial charge on any atom is -0.354 e. The minimum absolute atomic E-state index is 0.0424. The SMILES string of the molecule is CC(C)(C)c1ccc(C#Cc2cc3c(cc2C#Cc2ccc(C(C)(C)C)cc2)-c2cc4[nH]c(cc5nc(cc6[nH]c(cc-3n2)c2cc(C#Cc3ccc(C(C)(C)C)cc3)c(C#Cc3ccc(C(C)(C)C)cc3)cc62)-c2cc(C#Cc3ccc(C(C)(C)C)cc3)c(C#Cc3ccc(C(C)(C)C)cc3)cc2-5)c2cc(C#Cc3ccc(C(C)(C)C)cc3)c(C#Cc3ccc(C(C)(C)C)cc3)cc42)cc1. The van der Waals surface area contributed by atoms with Crippen molar-refractivity contribution in [3.8, 4) is 140 Å². The number of hydrogen-bond donors (Lipinski definition) is 2. The molecule has 17 rings (SSSR count). The van der Waals surface area contributed by atoms with Gasteiger partial charge in [-0.05, 0) is 258 Å². The molecule has 0 saturated carbocycles. The fraction of sp³-hybridized carbons (Fsp3) is 0.242. The van der Waals surface area contributed by atoms with E-state index in [0.29, 0.717) is 22.8 Å². The predicted octanol–water partition coefficient (Wildman–Crippen LogP) is 30.9. The lowest BCUT2D eigenvalue weighted by Crippen LogP contribution is -2.10. The maximum Gasteiger partial charge on any atom is 0.0737 e. The zero-order valence-corrected chi connectivity index (χ0v) is 83.3. The number of benzene rings is 12. The highest BCUT2D eigenvalue weighted by Crippen LogP contribution is 2.45. The van der Waals surface area contributed by atoms with E-state index in [1.807, 2.05) is 0 Å². The second-order valence-electron chi connectivity index (χ2n) is 44.6. The summed E-state index contributed by atoms with van der Waals surface area (Å²) in [6.45, 7) is 53.7. The van der Waals surface area contributed by atoms with Gasteiger partial charge in [0, 0.05) is 155 Å². The maximum atomic E-state index is 5.91. The highest BCUT2D eigenvalue weighted by Gasteiger charge is 2.27. The number of nitrogens with zero attached hydrogens (tertiary/aromatic N) is 2. The molecule has 666 valence electrons. The van der Waals surface area contributed by atoms with Crippen molar-refractivity contribution in [3.05, 3.63) is 400 Å². The summed E-state index contributed by atoms with van der Waals surface area (Å²) in [4.78, 5) is 20.0. The van der Waals surface area contributed by atoms with Crippen molar-refractivity contribution in [2.45, 2.75) is 209 Å². The molecule has 2 aliphatic heterocycles. The van der Waals surface area contributed by atoms with E-state index in [9.17, 15) is 0 Å². The van der Waals surface area contributed by atoms with Crippen molar-refractivity contribution < 1.29 is 0 Å². The summed E-state index contributed by atoms with van der Waals surface area (Å²) in [5.74, 6) is 58.6. The summed E-state index contributed by atoms with van der Waals surface area (Å²) < 4.78 is 0. The van der Waals surface area contributed by atoms with Gasteiger partial charge in [0.1, 0.15) is 0 Å². The van der Waals surface area contributed by atoms with Crippen LogP contribution in [0.4, 0.5) is 0 Å². The van der Waals surface area contributed by atoms with Gasteiger partial charge in [-0.3, -0.25) is 0 Å². The zero-order chi connectivity index (χ0) is 96.3. The highest BCUT2D eigenvalue weighted by atomic mass is 14.8. The van der Waals surface area contributed by atoms with Gasteiger partial charge in [-0.1, -0.05) is 358 Å².